The Hall–Kier alpha value is -1.73. The number of nitrogens with zero attached hydrogens (tertiary/aromatic N) is 5. The van der Waals surface area contributed by atoms with Crippen LogP contribution in [-0.4, -0.2) is 51.1 Å². The Balaban J connectivity index is 1.52. The first-order chi connectivity index (χ1) is 11.4. The highest BCUT2D eigenvalue weighted by molar-refractivity contribution is 5.05. The van der Waals surface area contributed by atoms with E-state index in [0.717, 1.165) is 49.2 Å². The molecule has 3 heterocycles. The molecule has 1 atom stereocenters. The fourth-order valence-corrected chi connectivity index (χ4v) is 3.03. The first kappa shape index (κ1) is 17.1. The highest BCUT2D eigenvalue weighted by Crippen LogP contribution is 2.20. The molecule has 24 heavy (non-hydrogen) atoms. The van der Waals surface area contributed by atoms with Gasteiger partial charge in [0.05, 0.1) is 18.8 Å². The Labute approximate surface area is 143 Å². The minimum atomic E-state index is 0.270. The number of likely N-dealkylation sites (tertiary alicyclic amines) is 1. The summed E-state index contributed by atoms with van der Waals surface area (Å²) < 4.78 is 11.0. The third-order valence-electron chi connectivity index (χ3n) is 4.67. The van der Waals surface area contributed by atoms with Crippen molar-refractivity contribution in [3.63, 3.8) is 0 Å². The van der Waals surface area contributed by atoms with Crippen molar-refractivity contribution in [3.05, 3.63) is 29.1 Å². The zero-order valence-electron chi connectivity index (χ0n) is 15.2. The van der Waals surface area contributed by atoms with Gasteiger partial charge < -0.3 is 8.94 Å². The summed E-state index contributed by atoms with van der Waals surface area (Å²) in [6.07, 6.45) is 1.13. The second-order valence-corrected chi connectivity index (χ2v) is 7.05. The van der Waals surface area contributed by atoms with Crippen molar-refractivity contribution >= 4 is 0 Å². The molecule has 2 aromatic rings. The first-order valence-electron chi connectivity index (χ1n) is 8.60. The number of hydrogen-bond donors (Lipinski definition) is 0. The maximum atomic E-state index is 5.69. The van der Waals surface area contributed by atoms with Gasteiger partial charge in [0.25, 0.3) is 0 Å². The lowest BCUT2D eigenvalue weighted by Crippen LogP contribution is -2.34. The molecule has 0 radical (unpaired) electrons. The maximum Gasteiger partial charge on any atom is 0.229 e. The second kappa shape index (κ2) is 7.03. The van der Waals surface area contributed by atoms with Crippen LogP contribution in [-0.2, 0) is 13.1 Å². The van der Waals surface area contributed by atoms with Crippen LogP contribution in [0.1, 0.15) is 55.2 Å². The average Bonchev–Trinajstić information content (AvgIpc) is 3.21. The number of likely N-dealkylation sites (N-methyl/N-ethyl adjacent to an activating group) is 1. The van der Waals surface area contributed by atoms with Crippen molar-refractivity contribution in [2.45, 2.75) is 59.2 Å². The van der Waals surface area contributed by atoms with Gasteiger partial charge in [-0.1, -0.05) is 19.0 Å². The highest BCUT2D eigenvalue weighted by atomic mass is 16.5. The molecule has 2 aromatic heterocycles. The lowest BCUT2D eigenvalue weighted by atomic mass is 10.2. The zero-order chi connectivity index (χ0) is 17.3. The van der Waals surface area contributed by atoms with Gasteiger partial charge in [-0.3, -0.25) is 9.80 Å². The zero-order valence-corrected chi connectivity index (χ0v) is 15.2. The van der Waals surface area contributed by atoms with E-state index in [4.69, 9.17) is 8.94 Å². The standard InChI is InChI=1S/C17H27N5O2/c1-11(2)17-19-15(20-24-17)9-21(5)14-6-7-22(8-14)10-16-18-12(3)13(4)23-16/h11,14H,6-10H2,1-5H3/t14-/m0/s1. The van der Waals surface area contributed by atoms with Gasteiger partial charge in [-0.2, -0.15) is 4.98 Å². The van der Waals surface area contributed by atoms with E-state index < -0.39 is 0 Å². The third-order valence-corrected chi connectivity index (χ3v) is 4.67. The molecule has 0 amide bonds. The van der Waals surface area contributed by atoms with Gasteiger partial charge in [-0.05, 0) is 27.3 Å². The molecule has 1 fully saturated rings. The fraction of sp³-hybridized carbons (Fsp3) is 0.706. The molecule has 3 rings (SSSR count). The Bertz CT molecular complexity index is 659. The number of oxazole rings is 1. The normalized spacial score (nSPS) is 19.0. The van der Waals surface area contributed by atoms with Crippen LogP contribution in [0.5, 0.6) is 0 Å². The average molecular weight is 333 g/mol. The Morgan fingerprint density at radius 1 is 1.29 bits per heavy atom. The summed E-state index contributed by atoms with van der Waals surface area (Å²) in [6, 6.07) is 0.489. The fourth-order valence-electron chi connectivity index (χ4n) is 3.03. The highest BCUT2D eigenvalue weighted by Gasteiger charge is 2.27. The van der Waals surface area contributed by atoms with E-state index >= 15 is 0 Å². The quantitative estimate of drug-likeness (QED) is 0.804. The monoisotopic (exact) mass is 333 g/mol. The molecule has 0 spiro atoms. The molecule has 1 aliphatic rings. The van der Waals surface area contributed by atoms with E-state index in [2.05, 4.69) is 45.8 Å². The predicted octanol–water partition coefficient (Wildman–Crippen LogP) is 2.50. The van der Waals surface area contributed by atoms with E-state index in [-0.39, 0.29) is 5.92 Å². The Morgan fingerprint density at radius 2 is 2.08 bits per heavy atom. The topological polar surface area (TPSA) is 71.4 Å². The summed E-state index contributed by atoms with van der Waals surface area (Å²) >= 11 is 0. The van der Waals surface area contributed by atoms with E-state index in [9.17, 15) is 0 Å². The summed E-state index contributed by atoms with van der Waals surface area (Å²) in [4.78, 5) is 13.6. The molecule has 0 bridgehead atoms. The molecule has 0 aromatic carbocycles. The van der Waals surface area contributed by atoms with Crippen LogP contribution in [0, 0.1) is 13.8 Å². The van der Waals surface area contributed by atoms with Gasteiger partial charge >= 0.3 is 0 Å². The van der Waals surface area contributed by atoms with Crippen LogP contribution in [0.15, 0.2) is 8.94 Å². The van der Waals surface area contributed by atoms with Gasteiger partial charge in [0.15, 0.2) is 5.82 Å². The molecule has 1 saturated heterocycles. The van der Waals surface area contributed by atoms with Crippen molar-refractivity contribution < 1.29 is 8.94 Å². The van der Waals surface area contributed by atoms with Gasteiger partial charge in [0.2, 0.25) is 11.8 Å². The smallest absolute Gasteiger partial charge is 0.229 e. The second-order valence-electron chi connectivity index (χ2n) is 7.05. The first-order valence-corrected chi connectivity index (χ1v) is 8.60. The Kier molecular flexibility index (Phi) is 5.01. The van der Waals surface area contributed by atoms with Gasteiger partial charge in [0, 0.05) is 25.0 Å². The minimum absolute atomic E-state index is 0.270. The summed E-state index contributed by atoms with van der Waals surface area (Å²) in [6.45, 7) is 11.6. The van der Waals surface area contributed by atoms with Crippen LogP contribution >= 0.6 is 0 Å². The molecule has 7 nitrogen and oxygen atoms in total. The predicted molar refractivity (Wildman–Crippen MR) is 89.5 cm³/mol. The number of aromatic nitrogens is 3. The van der Waals surface area contributed by atoms with Crippen molar-refractivity contribution in [1.29, 1.82) is 0 Å². The lowest BCUT2D eigenvalue weighted by molar-refractivity contribution is 0.209. The molecule has 0 aliphatic carbocycles. The Morgan fingerprint density at radius 3 is 2.71 bits per heavy atom. The molecule has 1 aliphatic heterocycles. The summed E-state index contributed by atoms with van der Waals surface area (Å²) in [5.74, 6) is 3.47. The van der Waals surface area contributed by atoms with Crippen LogP contribution in [0.2, 0.25) is 0 Å². The van der Waals surface area contributed by atoms with Crippen molar-refractivity contribution in [1.82, 2.24) is 24.9 Å². The van der Waals surface area contributed by atoms with Crippen LogP contribution in [0.25, 0.3) is 0 Å². The van der Waals surface area contributed by atoms with E-state index in [1.807, 2.05) is 13.8 Å². The van der Waals surface area contributed by atoms with Gasteiger partial charge in [0.1, 0.15) is 5.76 Å². The summed E-state index contributed by atoms with van der Waals surface area (Å²) in [7, 11) is 2.12. The van der Waals surface area contributed by atoms with E-state index in [1.54, 1.807) is 0 Å². The largest absolute Gasteiger partial charge is 0.444 e. The molecule has 132 valence electrons. The molecular weight excluding hydrogens is 306 g/mol. The van der Waals surface area contributed by atoms with Crippen molar-refractivity contribution in [2.75, 3.05) is 20.1 Å². The molecule has 7 heteroatoms. The van der Waals surface area contributed by atoms with Crippen LogP contribution in [0.4, 0.5) is 0 Å². The van der Waals surface area contributed by atoms with Gasteiger partial charge in [-0.25, -0.2) is 4.98 Å². The van der Waals surface area contributed by atoms with E-state index in [0.29, 0.717) is 18.5 Å². The number of aryl methyl sites for hydroxylation is 2. The molecule has 0 N–H and O–H groups in total. The van der Waals surface area contributed by atoms with Crippen molar-refractivity contribution in [2.24, 2.45) is 0 Å². The SMILES string of the molecule is Cc1nc(CN2CC[C@H](N(C)Cc3noc(C(C)C)n3)C2)oc1C. The number of hydrogen-bond acceptors (Lipinski definition) is 7. The lowest BCUT2D eigenvalue weighted by Gasteiger charge is -2.23. The molecule has 0 saturated carbocycles. The third kappa shape index (κ3) is 3.84. The van der Waals surface area contributed by atoms with Crippen LogP contribution < -0.4 is 0 Å². The summed E-state index contributed by atoms with van der Waals surface area (Å²) in [5.41, 5.74) is 0.982. The van der Waals surface area contributed by atoms with Crippen molar-refractivity contribution in [3.8, 4) is 0 Å². The maximum absolute atomic E-state index is 5.69. The van der Waals surface area contributed by atoms with Gasteiger partial charge in [-0.15, -0.1) is 0 Å². The molecule has 0 unspecified atom stereocenters. The molecular formula is C17H27N5O2. The van der Waals surface area contributed by atoms with E-state index in [1.165, 1.54) is 0 Å². The number of rotatable bonds is 6. The minimum Gasteiger partial charge on any atom is -0.444 e. The summed E-state index contributed by atoms with van der Waals surface area (Å²) in [5, 5.41) is 4.08. The van der Waals surface area contributed by atoms with Crippen LogP contribution in [0.3, 0.4) is 0 Å².